The van der Waals surface area contributed by atoms with Gasteiger partial charge in [0, 0.05) is 5.02 Å². The Balaban J connectivity index is 3.42. The fourth-order valence-electron chi connectivity index (χ4n) is 1.12. The number of sulfone groups is 1. The smallest absolute Gasteiger partial charge is 0.335 e. The van der Waals surface area contributed by atoms with Gasteiger partial charge in [0.05, 0.1) is 15.7 Å². The molecule has 0 aliphatic carbocycles. The monoisotopic (exact) mass is 262 g/mol. The molecule has 0 fully saturated rings. The maximum absolute atomic E-state index is 11.8. The molecule has 1 aromatic carbocycles. The molecule has 0 amide bonds. The lowest BCUT2D eigenvalue weighted by molar-refractivity contribution is 0.0696. The first-order chi connectivity index (χ1) is 7.25. The predicted octanol–water partition coefficient (Wildman–Crippen LogP) is 2.22. The molecule has 0 aliphatic heterocycles. The summed E-state index contributed by atoms with van der Waals surface area (Å²) in [5.41, 5.74) is -0.133. The molecule has 0 saturated carbocycles. The molecule has 0 heterocycles. The minimum atomic E-state index is -3.50. The average molecular weight is 263 g/mol. The maximum Gasteiger partial charge on any atom is 0.335 e. The number of benzene rings is 1. The van der Waals surface area contributed by atoms with Crippen LogP contribution in [0.4, 0.5) is 0 Å². The highest BCUT2D eigenvalue weighted by Gasteiger charge is 2.21. The van der Waals surface area contributed by atoms with Gasteiger partial charge in [-0.1, -0.05) is 11.6 Å². The quantitative estimate of drug-likeness (QED) is 0.907. The Morgan fingerprint density at radius 2 is 1.88 bits per heavy atom. The number of carbonyl (C=O) groups is 1. The van der Waals surface area contributed by atoms with Gasteiger partial charge in [0.15, 0.2) is 9.84 Å². The number of aromatic carboxylic acids is 1. The number of carboxylic acid groups (broad SMARTS) is 1. The van der Waals surface area contributed by atoms with E-state index in [9.17, 15) is 13.2 Å². The summed E-state index contributed by atoms with van der Waals surface area (Å²) in [6.45, 7) is 3.05. The molecule has 4 nitrogen and oxygen atoms in total. The standard InChI is InChI=1S/C10H11ClO4S/c1-6(2)16(14,15)9-4-7(10(12)13)3-8(11)5-9/h3-6H,1-2H3,(H,12,13). The Hall–Kier alpha value is -1.07. The number of rotatable bonds is 3. The lowest BCUT2D eigenvalue weighted by Crippen LogP contribution is -2.14. The molecular formula is C10H11ClO4S. The molecule has 0 aromatic heterocycles. The molecule has 88 valence electrons. The van der Waals surface area contributed by atoms with Gasteiger partial charge in [-0.3, -0.25) is 0 Å². The van der Waals surface area contributed by atoms with E-state index in [1.165, 1.54) is 26.0 Å². The molecule has 0 radical (unpaired) electrons. The Morgan fingerprint density at radius 3 is 2.31 bits per heavy atom. The van der Waals surface area contributed by atoms with Crippen molar-refractivity contribution in [1.82, 2.24) is 0 Å². The van der Waals surface area contributed by atoms with Gasteiger partial charge in [-0.25, -0.2) is 13.2 Å². The van der Waals surface area contributed by atoms with Gasteiger partial charge in [0.25, 0.3) is 0 Å². The van der Waals surface area contributed by atoms with E-state index in [0.717, 1.165) is 6.07 Å². The van der Waals surface area contributed by atoms with Gasteiger partial charge >= 0.3 is 5.97 Å². The maximum atomic E-state index is 11.8. The van der Waals surface area contributed by atoms with Crippen molar-refractivity contribution in [3.8, 4) is 0 Å². The van der Waals surface area contributed by atoms with Crippen LogP contribution >= 0.6 is 11.6 Å². The lowest BCUT2D eigenvalue weighted by atomic mass is 10.2. The highest BCUT2D eigenvalue weighted by atomic mass is 35.5. The van der Waals surface area contributed by atoms with Gasteiger partial charge in [-0.15, -0.1) is 0 Å². The van der Waals surface area contributed by atoms with Gasteiger partial charge in [-0.2, -0.15) is 0 Å². The van der Waals surface area contributed by atoms with Crippen molar-refractivity contribution in [1.29, 1.82) is 0 Å². The van der Waals surface area contributed by atoms with Crippen molar-refractivity contribution in [2.45, 2.75) is 24.0 Å². The zero-order valence-electron chi connectivity index (χ0n) is 8.77. The third kappa shape index (κ3) is 2.54. The van der Waals surface area contributed by atoms with Crippen LogP contribution in [-0.4, -0.2) is 24.7 Å². The summed E-state index contributed by atoms with van der Waals surface area (Å²) in [5.74, 6) is -1.21. The normalized spacial score (nSPS) is 11.8. The van der Waals surface area contributed by atoms with Crippen LogP contribution in [0, 0.1) is 0 Å². The van der Waals surface area contributed by atoms with E-state index in [4.69, 9.17) is 16.7 Å². The lowest BCUT2D eigenvalue weighted by Gasteiger charge is -2.08. The Bertz CT molecular complexity index is 520. The summed E-state index contributed by atoms with van der Waals surface area (Å²) in [7, 11) is -3.50. The van der Waals surface area contributed by atoms with E-state index in [0.29, 0.717) is 0 Å². The zero-order chi connectivity index (χ0) is 12.5. The Morgan fingerprint density at radius 1 is 1.31 bits per heavy atom. The average Bonchev–Trinajstić information content (AvgIpc) is 2.16. The van der Waals surface area contributed by atoms with Crippen LogP contribution < -0.4 is 0 Å². The van der Waals surface area contributed by atoms with E-state index in [1.807, 2.05) is 0 Å². The second-order valence-electron chi connectivity index (χ2n) is 3.57. The van der Waals surface area contributed by atoms with E-state index in [1.54, 1.807) is 0 Å². The summed E-state index contributed by atoms with van der Waals surface area (Å²) in [6.07, 6.45) is 0. The summed E-state index contributed by atoms with van der Waals surface area (Å²) in [5, 5.41) is 8.26. The number of hydrogen-bond acceptors (Lipinski definition) is 3. The van der Waals surface area contributed by atoms with Crippen molar-refractivity contribution in [2.75, 3.05) is 0 Å². The van der Waals surface area contributed by atoms with Crippen LogP contribution in [0.2, 0.25) is 5.02 Å². The fourth-order valence-corrected chi connectivity index (χ4v) is 2.55. The molecular weight excluding hydrogens is 252 g/mol. The van der Waals surface area contributed by atoms with E-state index in [-0.39, 0.29) is 15.5 Å². The zero-order valence-corrected chi connectivity index (χ0v) is 10.3. The molecule has 1 rings (SSSR count). The van der Waals surface area contributed by atoms with Crippen LogP contribution in [0.3, 0.4) is 0 Å². The molecule has 0 spiro atoms. The van der Waals surface area contributed by atoms with Gasteiger partial charge in [-0.05, 0) is 32.0 Å². The largest absolute Gasteiger partial charge is 0.478 e. The highest BCUT2D eigenvalue weighted by Crippen LogP contribution is 2.22. The van der Waals surface area contributed by atoms with E-state index < -0.39 is 21.1 Å². The summed E-state index contributed by atoms with van der Waals surface area (Å²) < 4.78 is 23.6. The van der Waals surface area contributed by atoms with E-state index >= 15 is 0 Å². The molecule has 16 heavy (non-hydrogen) atoms. The fraction of sp³-hybridized carbons (Fsp3) is 0.300. The van der Waals surface area contributed by atoms with Crippen molar-refractivity contribution in [2.24, 2.45) is 0 Å². The summed E-state index contributed by atoms with van der Waals surface area (Å²) >= 11 is 5.68. The third-order valence-electron chi connectivity index (χ3n) is 2.07. The SMILES string of the molecule is CC(C)S(=O)(=O)c1cc(Cl)cc(C(=O)O)c1. The molecule has 1 N–H and O–H groups in total. The molecule has 0 saturated heterocycles. The van der Waals surface area contributed by atoms with Crippen molar-refractivity contribution < 1.29 is 18.3 Å². The molecule has 0 aliphatic rings. The van der Waals surface area contributed by atoms with Gasteiger partial charge in [0.2, 0.25) is 0 Å². The van der Waals surface area contributed by atoms with Crippen LogP contribution in [-0.2, 0) is 9.84 Å². The van der Waals surface area contributed by atoms with Crippen molar-refractivity contribution in [3.63, 3.8) is 0 Å². The minimum Gasteiger partial charge on any atom is -0.478 e. The topological polar surface area (TPSA) is 71.4 Å². The number of halogens is 1. The minimum absolute atomic E-state index is 0.0626. The predicted molar refractivity (Wildman–Crippen MR) is 60.7 cm³/mol. The second-order valence-corrected chi connectivity index (χ2v) is 6.52. The van der Waals surface area contributed by atoms with Gasteiger partial charge in [0.1, 0.15) is 0 Å². The van der Waals surface area contributed by atoms with Crippen LogP contribution in [0.15, 0.2) is 23.1 Å². The summed E-state index contributed by atoms with van der Waals surface area (Å²) in [4.78, 5) is 10.7. The first kappa shape index (κ1) is 13.0. The van der Waals surface area contributed by atoms with Gasteiger partial charge < -0.3 is 5.11 Å². The number of hydrogen-bond donors (Lipinski definition) is 1. The molecule has 1 aromatic rings. The molecule has 6 heteroatoms. The van der Waals surface area contributed by atoms with Crippen LogP contribution in [0.5, 0.6) is 0 Å². The molecule has 0 bridgehead atoms. The molecule has 0 atom stereocenters. The van der Waals surface area contributed by atoms with Crippen molar-refractivity contribution in [3.05, 3.63) is 28.8 Å². The first-order valence-corrected chi connectivity index (χ1v) is 6.45. The Labute approximate surface area is 98.8 Å². The summed E-state index contributed by atoms with van der Waals surface area (Å²) in [6, 6.07) is 3.58. The Kier molecular flexibility index (Phi) is 3.60. The second kappa shape index (κ2) is 4.43. The van der Waals surface area contributed by atoms with Crippen LogP contribution in [0.25, 0.3) is 0 Å². The van der Waals surface area contributed by atoms with Crippen molar-refractivity contribution >= 4 is 27.4 Å². The van der Waals surface area contributed by atoms with Crippen LogP contribution in [0.1, 0.15) is 24.2 Å². The van der Waals surface area contributed by atoms with E-state index in [2.05, 4.69) is 0 Å². The first-order valence-electron chi connectivity index (χ1n) is 4.53. The molecule has 0 unspecified atom stereocenters. The number of carboxylic acids is 1. The third-order valence-corrected chi connectivity index (χ3v) is 4.42. The highest BCUT2D eigenvalue weighted by molar-refractivity contribution is 7.92.